The van der Waals surface area contributed by atoms with E-state index in [1.54, 1.807) is 24.4 Å². The standard InChI is InChI=1S/C19H16ClN5O2S/c20-17-6-5-16(28-17)19(26)22-10-14-9-15(25-27-14)12-1-3-13(4-2-12)24-18-7-8-21-11-23-18/h1-8,11,14H,9-10H2,(H,22,26)(H,21,23,24). The Labute approximate surface area is 170 Å². The number of anilines is 2. The lowest BCUT2D eigenvalue weighted by molar-refractivity contribution is 0.0755. The normalized spacial score (nSPS) is 15.6. The Morgan fingerprint density at radius 2 is 2.07 bits per heavy atom. The third-order valence-corrected chi connectivity index (χ3v) is 5.32. The maximum Gasteiger partial charge on any atom is 0.261 e. The fourth-order valence-electron chi connectivity index (χ4n) is 2.70. The van der Waals surface area contributed by atoms with E-state index in [0.29, 0.717) is 22.2 Å². The maximum absolute atomic E-state index is 12.1. The Balaban J connectivity index is 1.29. The zero-order valence-corrected chi connectivity index (χ0v) is 16.2. The van der Waals surface area contributed by atoms with Gasteiger partial charge in [0.1, 0.15) is 18.2 Å². The molecule has 28 heavy (non-hydrogen) atoms. The van der Waals surface area contributed by atoms with Gasteiger partial charge in [0.25, 0.3) is 5.91 Å². The molecular formula is C19H16ClN5O2S. The van der Waals surface area contributed by atoms with Gasteiger partial charge in [0.05, 0.1) is 21.5 Å². The molecule has 3 aromatic rings. The lowest BCUT2D eigenvalue weighted by Crippen LogP contribution is -2.31. The number of amides is 1. The van der Waals surface area contributed by atoms with Crippen molar-refractivity contribution in [1.29, 1.82) is 0 Å². The number of halogens is 1. The Morgan fingerprint density at radius 3 is 2.79 bits per heavy atom. The van der Waals surface area contributed by atoms with Gasteiger partial charge in [-0.25, -0.2) is 9.97 Å². The van der Waals surface area contributed by atoms with Gasteiger partial charge >= 0.3 is 0 Å². The average Bonchev–Trinajstić information content (AvgIpc) is 3.37. The van der Waals surface area contributed by atoms with Gasteiger partial charge in [-0.3, -0.25) is 4.79 Å². The third kappa shape index (κ3) is 4.47. The molecule has 9 heteroatoms. The van der Waals surface area contributed by atoms with Gasteiger partial charge in [-0.2, -0.15) is 0 Å². The van der Waals surface area contributed by atoms with Crippen LogP contribution >= 0.6 is 22.9 Å². The number of carbonyl (C=O) groups is 1. The minimum Gasteiger partial charge on any atom is -0.390 e. The molecule has 7 nitrogen and oxygen atoms in total. The molecule has 2 aromatic heterocycles. The number of rotatable bonds is 6. The number of hydrogen-bond donors (Lipinski definition) is 2. The molecule has 1 atom stereocenters. The van der Waals surface area contributed by atoms with Crippen molar-refractivity contribution in [2.45, 2.75) is 12.5 Å². The van der Waals surface area contributed by atoms with Gasteiger partial charge in [-0.1, -0.05) is 28.9 Å². The highest BCUT2D eigenvalue weighted by Gasteiger charge is 2.23. The summed E-state index contributed by atoms with van der Waals surface area (Å²) in [5.74, 6) is 0.571. The first-order chi connectivity index (χ1) is 13.7. The second-order valence-corrected chi connectivity index (χ2v) is 7.80. The molecule has 142 valence electrons. The first-order valence-corrected chi connectivity index (χ1v) is 9.76. The largest absolute Gasteiger partial charge is 0.390 e. The van der Waals surface area contributed by atoms with Crippen LogP contribution in [0.3, 0.4) is 0 Å². The molecule has 0 saturated carbocycles. The quantitative estimate of drug-likeness (QED) is 0.640. The van der Waals surface area contributed by atoms with Crippen LogP contribution in [0.1, 0.15) is 21.7 Å². The van der Waals surface area contributed by atoms with E-state index in [4.69, 9.17) is 16.4 Å². The zero-order chi connectivity index (χ0) is 19.3. The molecular weight excluding hydrogens is 398 g/mol. The van der Waals surface area contributed by atoms with Crippen molar-refractivity contribution in [2.75, 3.05) is 11.9 Å². The number of oxime groups is 1. The van der Waals surface area contributed by atoms with Gasteiger partial charge in [-0.15, -0.1) is 11.3 Å². The van der Waals surface area contributed by atoms with Crippen molar-refractivity contribution in [1.82, 2.24) is 15.3 Å². The number of nitrogens with zero attached hydrogens (tertiary/aromatic N) is 3. The summed E-state index contributed by atoms with van der Waals surface area (Å²) < 4.78 is 0.588. The predicted octanol–water partition coefficient (Wildman–Crippen LogP) is 3.86. The van der Waals surface area contributed by atoms with Gasteiger partial charge < -0.3 is 15.5 Å². The van der Waals surface area contributed by atoms with Crippen LogP contribution in [-0.4, -0.2) is 34.2 Å². The van der Waals surface area contributed by atoms with E-state index in [1.165, 1.54) is 17.7 Å². The fourth-order valence-corrected chi connectivity index (χ4v) is 3.66. The molecule has 1 aromatic carbocycles. The number of benzene rings is 1. The number of nitrogens with one attached hydrogen (secondary N) is 2. The van der Waals surface area contributed by atoms with Gasteiger partial charge in [0, 0.05) is 18.3 Å². The van der Waals surface area contributed by atoms with Gasteiger partial charge in [-0.05, 0) is 35.9 Å². The Kier molecular flexibility index (Phi) is 5.50. The Hall–Kier alpha value is -2.97. The van der Waals surface area contributed by atoms with Crippen LogP contribution in [0.2, 0.25) is 4.34 Å². The van der Waals surface area contributed by atoms with Crippen LogP contribution in [-0.2, 0) is 4.84 Å². The van der Waals surface area contributed by atoms with Crippen molar-refractivity contribution >= 4 is 46.1 Å². The topological polar surface area (TPSA) is 88.5 Å². The van der Waals surface area contributed by atoms with Crippen molar-refractivity contribution in [3.05, 3.63) is 69.8 Å². The van der Waals surface area contributed by atoms with Crippen molar-refractivity contribution < 1.29 is 9.63 Å². The number of hydrogen-bond acceptors (Lipinski definition) is 7. The highest BCUT2D eigenvalue weighted by atomic mass is 35.5. The third-order valence-electron chi connectivity index (χ3n) is 4.09. The van der Waals surface area contributed by atoms with E-state index in [-0.39, 0.29) is 12.0 Å². The van der Waals surface area contributed by atoms with Gasteiger partial charge in [0.15, 0.2) is 0 Å². The second-order valence-electron chi connectivity index (χ2n) is 6.08. The summed E-state index contributed by atoms with van der Waals surface area (Å²) in [6, 6.07) is 13.1. The van der Waals surface area contributed by atoms with Crippen molar-refractivity contribution in [2.24, 2.45) is 5.16 Å². The van der Waals surface area contributed by atoms with Crippen LogP contribution in [0.4, 0.5) is 11.5 Å². The first-order valence-electron chi connectivity index (χ1n) is 8.57. The van der Waals surface area contributed by atoms with Crippen LogP contribution in [0, 0.1) is 0 Å². The molecule has 1 aliphatic rings. The maximum atomic E-state index is 12.1. The summed E-state index contributed by atoms with van der Waals surface area (Å²) in [4.78, 5) is 26.1. The Morgan fingerprint density at radius 1 is 1.21 bits per heavy atom. The SMILES string of the molecule is O=C(NCC1CC(c2ccc(Nc3ccncn3)cc2)=NO1)c1ccc(Cl)s1. The summed E-state index contributed by atoms with van der Waals surface area (Å²) in [5.41, 5.74) is 2.75. The van der Waals surface area contributed by atoms with Crippen LogP contribution in [0.5, 0.6) is 0 Å². The van der Waals surface area contributed by atoms with Crippen molar-refractivity contribution in [3.63, 3.8) is 0 Å². The molecule has 0 spiro atoms. The summed E-state index contributed by atoms with van der Waals surface area (Å²) in [6.45, 7) is 0.384. The van der Waals surface area contributed by atoms with E-state index in [1.807, 2.05) is 24.3 Å². The molecule has 1 unspecified atom stereocenters. The molecule has 4 rings (SSSR count). The number of aromatic nitrogens is 2. The number of carbonyl (C=O) groups excluding carboxylic acids is 1. The number of thiophene rings is 1. The van der Waals surface area contributed by atoms with E-state index in [0.717, 1.165) is 22.8 Å². The summed E-state index contributed by atoms with van der Waals surface area (Å²) in [6.07, 6.45) is 3.62. The van der Waals surface area contributed by atoms with E-state index < -0.39 is 0 Å². The predicted molar refractivity (Wildman–Crippen MR) is 109 cm³/mol. The van der Waals surface area contributed by atoms with Crippen LogP contribution in [0.15, 0.2) is 60.1 Å². The fraction of sp³-hybridized carbons (Fsp3) is 0.158. The highest BCUT2D eigenvalue weighted by Crippen LogP contribution is 2.22. The van der Waals surface area contributed by atoms with Crippen molar-refractivity contribution in [3.8, 4) is 0 Å². The zero-order valence-electron chi connectivity index (χ0n) is 14.6. The second kappa shape index (κ2) is 8.37. The lowest BCUT2D eigenvalue weighted by Gasteiger charge is -2.09. The lowest BCUT2D eigenvalue weighted by atomic mass is 10.0. The van der Waals surface area contributed by atoms with Gasteiger partial charge in [0.2, 0.25) is 0 Å². The van der Waals surface area contributed by atoms with Crippen LogP contribution in [0.25, 0.3) is 0 Å². The monoisotopic (exact) mass is 413 g/mol. The van der Waals surface area contributed by atoms with Crippen LogP contribution < -0.4 is 10.6 Å². The molecule has 0 aliphatic carbocycles. The summed E-state index contributed by atoms with van der Waals surface area (Å²) >= 11 is 7.11. The molecule has 2 N–H and O–H groups in total. The minimum atomic E-state index is -0.187. The molecule has 0 saturated heterocycles. The Bertz CT molecular complexity index is 991. The highest BCUT2D eigenvalue weighted by molar-refractivity contribution is 7.17. The molecule has 0 radical (unpaired) electrons. The molecule has 0 fully saturated rings. The van der Waals surface area contributed by atoms with E-state index in [9.17, 15) is 4.79 Å². The molecule has 1 amide bonds. The average molecular weight is 414 g/mol. The smallest absolute Gasteiger partial charge is 0.261 e. The molecule has 3 heterocycles. The summed E-state index contributed by atoms with van der Waals surface area (Å²) in [7, 11) is 0. The summed E-state index contributed by atoms with van der Waals surface area (Å²) in [5, 5.41) is 10.2. The molecule has 0 bridgehead atoms. The molecule has 1 aliphatic heterocycles. The first kappa shape index (κ1) is 18.4. The minimum absolute atomic E-state index is 0.158. The van der Waals surface area contributed by atoms with E-state index in [2.05, 4.69) is 25.8 Å². The van der Waals surface area contributed by atoms with E-state index >= 15 is 0 Å².